The smallest absolute Gasteiger partial charge is 0.267 e. The van der Waals surface area contributed by atoms with E-state index < -0.39 is 0 Å². The van der Waals surface area contributed by atoms with Gasteiger partial charge in [-0.25, -0.2) is 5.43 Å². The Morgan fingerprint density at radius 3 is 2.62 bits per heavy atom. The van der Waals surface area contributed by atoms with E-state index in [1.165, 1.54) is 0 Å². The van der Waals surface area contributed by atoms with Crippen LogP contribution in [0.25, 0.3) is 0 Å². The van der Waals surface area contributed by atoms with Gasteiger partial charge in [-0.05, 0) is 30.9 Å². The molecule has 0 aromatic carbocycles. The maximum Gasteiger partial charge on any atom is 0.271 e. The van der Waals surface area contributed by atoms with Gasteiger partial charge in [0.2, 0.25) is 0 Å². The van der Waals surface area contributed by atoms with E-state index in [0.717, 1.165) is 12.8 Å². The van der Waals surface area contributed by atoms with Gasteiger partial charge in [0.1, 0.15) is 0 Å². The van der Waals surface area contributed by atoms with Crippen LogP contribution in [-0.4, -0.2) is 17.1 Å². The third-order valence-corrected chi connectivity index (χ3v) is 2.44. The number of carbonyl (C=O) groups is 1. The largest absolute Gasteiger partial charge is 0.271 e. The molecule has 0 atom stereocenters. The monoisotopic (exact) mass is 219 g/mol. The maximum absolute atomic E-state index is 11.6. The minimum atomic E-state index is -0.204. The van der Waals surface area contributed by atoms with Gasteiger partial charge in [-0.2, -0.15) is 5.10 Å². The average Bonchev–Trinajstić information content (AvgIpc) is 2.35. The number of hydrogen-bond donors (Lipinski definition) is 1. The molecule has 86 valence electrons. The first-order chi connectivity index (χ1) is 7.77. The van der Waals surface area contributed by atoms with Crippen molar-refractivity contribution in [1.82, 2.24) is 10.4 Å². The van der Waals surface area contributed by atoms with E-state index in [-0.39, 0.29) is 5.91 Å². The quantitative estimate of drug-likeness (QED) is 0.610. The number of hydrogen-bond acceptors (Lipinski definition) is 3. The van der Waals surface area contributed by atoms with Crippen molar-refractivity contribution in [2.45, 2.75) is 26.7 Å². The Morgan fingerprint density at radius 2 is 2.06 bits per heavy atom. The summed E-state index contributed by atoms with van der Waals surface area (Å²) in [5, 5.41) is 3.94. The Hall–Kier alpha value is -1.71. The molecule has 1 amide bonds. The molecule has 16 heavy (non-hydrogen) atoms. The second kappa shape index (κ2) is 6.71. The second-order valence-electron chi connectivity index (χ2n) is 3.53. The first kappa shape index (κ1) is 12.4. The number of aromatic nitrogens is 1. The molecular formula is C12H17N3O. The fourth-order valence-corrected chi connectivity index (χ4v) is 1.27. The summed E-state index contributed by atoms with van der Waals surface area (Å²) in [6, 6.07) is 3.31. The molecule has 0 aliphatic heterocycles. The van der Waals surface area contributed by atoms with Crippen molar-refractivity contribution in [3.63, 3.8) is 0 Å². The van der Waals surface area contributed by atoms with Crippen LogP contribution in [0.3, 0.4) is 0 Å². The number of carbonyl (C=O) groups excluding carboxylic acids is 1. The summed E-state index contributed by atoms with van der Waals surface area (Å²) in [5.41, 5.74) is 3.07. The standard InChI is InChI=1S/C12H17N3O/c1-3-10(4-2)9-14-15-12(16)11-5-7-13-8-6-11/h5-10H,3-4H2,1-2H3,(H,15,16)/b14-9-. The summed E-state index contributed by atoms with van der Waals surface area (Å²) < 4.78 is 0. The van der Waals surface area contributed by atoms with Gasteiger partial charge in [0.25, 0.3) is 5.91 Å². The summed E-state index contributed by atoms with van der Waals surface area (Å²) in [7, 11) is 0. The Labute approximate surface area is 95.8 Å². The molecule has 0 unspecified atom stereocenters. The Bertz CT molecular complexity index is 345. The van der Waals surface area contributed by atoms with Gasteiger partial charge in [-0.15, -0.1) is 0 Å². The third kappa shape index (κ3) is 3.81. The SMILES string of the molecule is CCC(/C=N\NC(=O)c1ccncc1)CC. The highest BCUT2D eigenvalue weighted by molar-refractivity contribution is 5.94. The minimum Gasteiger partial charge on any atom is -0.267 e. The summed E-state index contributed by atoms with van der Waals surface area (Å²) in [4.78, 5) is 15.4. The first-order valence-corrected chi connectivity index (χ1v) is 5.51. The van der Waals surface area contributed by atoms with Crippen molar-refractivity contribution in [3.05, 3.63) is 30.1 Å². The van der Waals surface area contributed by atoms with Crippen molar-refractivity contribution >= 4 is 12.1 Å². The molecule has 4 heteroatoms. The van der Waals surface area contributed by atoms with Gasteiger partial charge >= 0.3 is 0 Å². The van der Waals surface area contributed by atoms with Crippen LogP contribution in [0.2, 0.25) is 0 Å². The fraction of sp³-hybridized carbons (Fsp3) is 0.417. The summed E-state index contributed by atoms with van der Waals surface area (Å²) in [6.45, 7) is 4.20. The molecule has 4 nitrogen and oxygen atoms in total. The molecule has 1 rings (SSSR count). The van der Waals surface area contributed by atoms with Crippen molar-refractivity contribution in [1.29, 1.82) is 0 Å². The van der Waals surface area contributed by atoms with Crippen LogP contribution in [0.15, 0.2) is 29.6 Å². The number of hydrazone groups is 1. The Kier molecular flexibility index (Phi) is 5.19. The molecule has 0 fully saturated rings. The number of nitrogens with one attached hydrogen (secondary N) is 1. The highest BCUT2D eigenvalue weighted by Crippen LogP contribution is 2.03. The Balaban J connectivity index is 2.47. The molecule has 0 saturated heterocycles. The minimum absolute atomic E-state index is 0.204. The molecule has 1 heterocycles. The highest BCUT2D eigenvalue weighted by atomic mass is 16.2. The van der Waals surface area contributed by atoms with Crippen LogP contribution in [0.5, 0.6) is 0 Å². The van der Waals surface area contributed by atoms with E-state index in [1.54, 1.807) is 30.7 Å². The molecule has 0 aliphatic rings. The number of amides is 1. The van der Waals surface area contributed by atoms with Crippen LogP contribution in [0, 0.1) is 5.92 Å². The third-order valence-electron chi connectivity index (χ3n) is 2.44. The van der Waals surface area contributed by atoms with E-state index in [4.69, 9.17) is 0 Å². The van der Waals surface area contributed by atoms with E-state index in [2.05, 4.69) is 29.4 Å². The molecule has 1 N–H and O–H groups in total. The molecule has 0 aliphatic carbocycles. The van der Waals surface area contributed by atoms with Crippen LogP contribution in [0.4, 0.5) is 0 Å². The van der Waals surface area contributed by atoms with Crippen LogP contribution in [0.1, 0.15) is 37.0 Å². The number of nitrogens with zero attached hydrogens (tertiary/aromatic N) is 2. The van der Waals surface area contributed by atoms with E-state index in [9.17, 15) is 4.79 Å². The molecular weight excluding hydrogens is 202 g/mol. The van der Waals surface area contributed by atoms with Crippen molar-refractivity contribution in [2.24, 2.45) is 11.0 Å². The van der Waals surface area contributed by atoms with Gasteiger partial charge in [0, 0.05) is 24.2 Å². The second-order valence-corrected chi connectivity index (χ2v) is 3.53. The van der Waals surface area contributed by atoms with Gasteiger partial charge < -0.3 is 0 Å². The molecule has 0 saturated carbocycles. The zero-order chi connectivity index (χ0) is 11.8. The van der Waals surface area contributed by atoms with Crippen LogP contribution in [-0.2, 0) is 0 Å². The lowest BCUT2D eigenvalue weighted by Crippen LogP contribution is -2.18. The maximum atomic E-state index is 11.6. The van der Waals surface area contributed by atoms with Gasteiger partial charge in [-0.1, -0.05) is 13.8 Å². The fourth-order valence-electron chi connectivity index (χ4n) is 1.27. The zero-order valence-corrected chi connectivity index (χ0v) is 9.68. The lowest BCUT2D eigenvalue weighted by molar-refractivity contribution is 0.0955. The topological polar surface area (TPSA) is 54.4 Å². The lowest BCUT2D eigenvalue weighted by atomic mass is 10.1. The van der Waals surface area contributed by atoms with Gasteiger partial charge in [0.05, 0.1) is 0 Å². The number of pyridine rings is 1. The zero-order valence-electron chi connectivity index (χ0n) is 9.68. The Morgan fingerprint density at radius 1 is 1.44 bits per heavy atom. The number of rotatable bonds is 5. The molecule has 0 bridgehead atoms. The molecule has 1 aromatic heterocycles. The molecule has 0 spiro atoms. The summed E-state index contributed by atoms with van der Waals surface area (Å²) >= 11 is 0. The van der Waals surface area contributed by atoms with Crippen LogP contribution < -0.4 is 5.43 Å². The lowest BCUT2D eigenvalue weighted by Gasteiger charge is -2.04. The normalized spacial score (nSPS) is 10.9. The molecule has 1 aromatic rings. The van der Waals surface area contributed by atoms with Gasteiger partial charge in [0.15, 0.2) is 0 Å². The van der Waals surface area contributed by atoms with Crippen molar-refractivity contribution in [2.75, 3.05) is 0 Å². The van der Waals surface area contributed by atoms with Crippen molar-refractivity contribution in [3.8, 4) is 0 Å². The average molecular weight is 219 g/mol. The van der Waals surface area contributed by atoms with Gasteiger partial charge in [-0.3, -0.25) is 9.78 Å². The van der Waals surface area contributed by atoms with Crippen molar-refractivity contribution < 1.29 is 4.79 Å². The molecule has 0 radical (unpaired) electrons. The first-order valence-electron chi connectivity index (χ1n) is 5.51. The predicted molar refractivity (Wildman–Crippen MR) is 64.3 cm³/mol. The summed E-state index contributed by atoms with van der Waals surface area (Å²) in [5.74, 6) is 0.224. The van der Waals surface area contributed by atoms with Crippen LogP contribution >= 0.6 is 0 Å². The van der Waals surface area contributed by atoms with E-state index >= 15 is 0 Å². The summed E-state index contributed by atoms with van der Waals surface area (Å²) in [6.07, 6.45) is 7.02. The predicted octanol–water partition coefficient (Wildman–Crippen LogP) is 2.23. The van der Waals surface area contributed by atoms with E-state index in [0.29, 0.717) is 11.5 Å². The highest BCUT2D eigenvalue weighted by Gasteiger charge is 2.03. The van der Waals surface area contributed by atoms with E-state index in [1.807, 2.05) is 0 Å².